The van der Waals surface area contributed by atoms with Crippen LogP contribution in [0.15, 0.2) is 0 Å². The third-order valence-electron chi connectivity index (χ3n) is 3.04. The van der Waals surface area contributed by atoms with Gasteiger partial charge in [0.2, 0.25) is 0 Å². The summed E-state index contributed by atoms with van der Waals surface area (Å²) in [5.41, 5.74) is 0.165. The first-order valence-corrected chi connectivity index (χ1v) is 4.53. The molecule has 0 bridgehead atoms. The molecule has 1 rings (SSSR count). The number of aliphatic hydroxyl groups is 1. The molecule has 0 aliphatic carbocycles. The average Bonchev–Trinajstić information content (AvgIpc) is 2.05. The van der Waals surface area contributed by atoms with Crippen LogP contribution in [0.25, 0.3) is 0 Å². The SMILES string of the molecule is CC(C)[C@]1(CO)CCCNC1. The van der Waals surface area contributed by atoms with E-state index in [1.54, 1.807) is 0 Å². The van der Waals surface area contributed by atoms with Gasteiger partial charge < -0.3 is 10.4 Å². The Morgan fingerprint density at radius 2 is 2.27 bits per heavy atom. The number of hydrogen-bond donors (Lipinski definition) is 2. The summed E-state index contributed by atoms with van der Waals surface area (Å²) in [7, 11) is 0. The van der Waals surface area contributed by atoms with E-state index in [0.717, 1.165) is 13.1 Å². The molecule has 1 fully saturated rings. The Morgan fingerprint density at radius 3 is 2.55 bits per heavy atom. The van der Waals surface area contributed by atoms with Gasteiger partial charge in [0.05, 0.1) is 6.61 Å². The maximum Gasteiger partial charge on any atom is 0.0502 e. The van der Waals surface area contributed by atoms with E-state index in [1.807, 2.05) is 0 Å². The Balaban J connectivity index is 2.57. The van der Waals surface area contributed by atoms with Gasteiger partial charge in [0.25, 0.3) is 0 Å². The first-order valence-electron chi connectivity index (χ1n) is 4.53. The van der Waals surface area contributed by atoms with Crippen LogP contribution in [0.2, 0.25) is 0 Å². The van der Waals surface area contributed by atoms with Crippen molar-refractivity contribution in [1.29, 1.82) is 0 Å². The molecule has 1 aliphatic rings. The van der Waals surface area contributed by atoms with Crippen molar-refractivity contribution in [3.8, 4) is 0 Å². The predicted octanol–water partition coefficient (Wildman–Crippen LogP) is 1.00. The molecule has 0 spiro atoms. The highest BCUT2D eigenvalue weighted by molar-refractivity contribution is 4.87. The van der Waals surface area contributed by atoms with E-state index in [9.17, 15) is 5.11 Å². The standard InChI is InChI=1S/C9H19NO/c1-8(2)9(7-11)4-3-5-10-6-9/h8,10-11H,3-7H2,1-2H3/t9-/m1/s1. The second-order valence-electron chi connectivity index (χ2n) is 3.96. The highest BCUT2D eigenvalue weighted by Gasteiger charge is 2.34. The summed E-state index contributed by atoms with van der Waals surface area (Å²) in [6, 6.07) is 0. The van der Waals surface area contributed by atoms with Gasteiger partial charge in [-0.25, -0.2) is 0 Å². The van der Waals surface area contributed by atoms with Crippen molar-refractivity contribution in [2.45, 2.75) is 26.7 Å². The topological polar surface area (TPSA) is 32.3 Å². The average molecular weight is 157 g/mol. The Hall–Kier alpha value is -0.0800. The van der Waals surface area contributed by atoms with Crippen LogP contribution in [-0.2, 0) is 0 Å². The van der Waals surface area contributed by atoms with Crippen LogP contribution >= 0.6 is 0 Å². The predicted molar refractivity (Wildman–Crippen MR) is 46.5 cm³/mol. The summed E-state index contributed by atoms with van der Waals surface area (Å²) in [6.07, 6.45) is 2.38. The van der Waals surface area contributed by atoms with Crippen LogP contribution in [0.3, 0.4) is 0 Å². The van der Waals surface area contributed by atoms with Crippen molar-refractivity contribution in [3.63, 3.8) is 0 Å². The van der Waals surface area contributed by atoms with E-state index in [2.05, 4.69) is 19.2 Å². The molecule has 0 radical (unpaired) electrons. The molecule has 2 heteroatoms. The number of hydrogen-bond acceptors (Lipinski definition) is 2. The minimum atomic E-state index is 0.165. The lowest BCUT2D eigenvalue weighted by Crippen LogP contribution is -2.45. The van der Waals surface area contributed by atoms with Crippen molar-refractivity contribution in [2.75, 3.05) is 19.7 Å². The van der Waals surface area contributed by atoms with E-state index < -0.39 is 0 Å². The van der Waals surface area contributed by atoms with E-state index in [1.165, 1.54) is 12.8 Å². The largest absolute Gasteiger partial charge is 0.396 e. The lowest BCUT2D eigenvalue weighted by atomic mass is 9.72. The van der Waals surface area contributed by atoms with Gasteiger partial charge in [-0.3, -0.25) is 0 Å². The van der Waals surface area contributed by atoms with Crippen LogP contribution in [0, 0.1) is 11.3 Å². The third kappa shape index (κ3) is 1.74. The smallest absolute Gasteiger partial charge is 0.0502 e. The zero-order chi connectivity index (χ0) is 8.32. The Kier molecular flexibility index (Phi) is 2.90. The Bertz CT molecular complexity index is 117. The fraction of sp³-hybridized carbons (Fsp3) is 1.00. The second kappa shape index (κ2) is 3.55. The van der Waals surface area contributed by atoms with Crippen molar-refractivity contribution in [2.24, 2.45) is 11.3 Å². The maximum absolute atomic E-state index is 9.27. The van der Waals surface area contributed by atoms with Gasteiger partial charge in [-0.1, -0.05) is 13.8 Å². The number of aliphatic hydroxyl groups excluding tert-OH is 1. The molecule has 0 aromatic rings. The van der Waals surface area contributed by atoms with Crippen LogP contribution in [0.1, 0.15) is 26.7 Å². The van der Waals surface area contributed by atoms with E-state index in [4.69, 9.17) is 0 Å². The Morgan fingerprint density at radius 1 is 1.55 bits per heavy atom. The van der Waals surface area contributed by atoms with E-state index >= 15 is 0 Å². The zero-order valence-corrected chi connectivity index (χ0v) is 7.56. The second-order valence-corrected chi connectivity index (χ2v) is 3.96. The Labute approximate surface area is 69.0 Å². The highest BCUT2D eigenvalue weighted by Crippen LogP contribution is 2.33. The normalized spacial score (nSPS) is 32.7. The molecular weight excluding hydrogens is 138 g/mol. The van der Waals surface area contributed by atoms with Gasteiger partial charge >= 0.3 is 0 Å². The van der Waals surface area contributed by atoms with E-state index in [0.29, 0.717) is 12.5 Å². The molecule has 0 amide bonds. The summed E-state index contributed by atoms with van der Waals surface area (Å²) >= 11 is 0. The van der Waals surface area contributed by atoms with Gasteiger partial charge in [0, 0.05) is 12.0 Å². The quantitative estimate of drug-likeness (QED) is 0.627. The fourth-order valence-electron chi connectivity index (χ4n) is 1.80. The fourth-order valence-corrected chi connectivity index (χ4v) is 1.80. The highest BCUT2D eigenvalue weighted by atomic mass is 16.3. The van der Waals surface area contributed by atoms with Crippen LogP contribution in [0.4, 0.5) is 0 Å². The number of piperidine rings is 1. The van der Waals surface area contributed by atoms with Crippen molar-refractivity contribution < 1.29 is 5.11 Å². The summed E-state index contributed by atoms with van der Waals surface area (Å²) in [5, 5.41) is 12.6. The monoisotopic (exact) mass is 157 g/mol. The van der Waals surface area contributed by atoms with Gasteiger partial charge in [-0.05, 0) is 25.3 Å². The summed E-state index contributed by atoms with van der Waals surface area (Å²) in [5.74, 6) is 0.584. The molecule has 0 aromatic carbocycles. The molecule has 1 saturated heterocycles. The molecule has 1 heterocycles. The zero-order valence-electron chi connectivity index (χ0n) is 7.56. The van der Waals surface area contributed by atoms with Gasteiger partial charge in [0.15, 0.2) is 0 Å². The van der Waals surface area contributed by atoms with Crippen molar-refractivity contribution >= 4 is 0 Å². The molecular formula is C9H19NO. The minimum absolute atomic E-state index is 0.165. The first kappa shape index (κ1) is 9.01. The van der Waals surface area contributed by atoms with Crippen LogP contribution in [-0.4, -0.2) is 24.8 Å². The van der Waals surface area contributed by atoms with Gasteiger partial charge in [0.1, 0.15) is 0 Å². The molecule has 2 nitrogen and oxygen atoms in total. The molecule has 0 saturated carbocycles. The number of rotatable bonds is 2. The van der Waals surface area contributed by atoms with Crippen molar-refractivity contribution in [3.05, 3.63) is 0 Å². The summed E-state index contributed by atoms with van der Waals surface area (Å²) < 4.78 is 0. The first-order chi connectivity index (χ1) is 5.21. The third-order valence-corrected chi connectivity index (χ3v) is 3.04. The molecule has 0 aromatic heterocycles. The molecule has 1 aliphatic heterocycles. The van der Waals surface area contributed by atoms with Crippen molar-refractivity contribution in [1.82, 2.24) is 5.32 Å². The lowest BCUT2D eigenvalue weighted by Gasteiger charge is -2.39. The molecule has 11 heavy (non-hydrogen) atoms. The molecule has 1 atom stereocenters. The molecule has 2 N–H and O–H groups in total. The summed E-state index contributed by atoms with van der Waals surface area (Å²) in [6.45, 7) is 6.83. The molecule has 66 valence electrons. The summed E-state index contributed by atoms with van der Waals surface area (Å²) in [4.78, 5) is 0. The maximum atomic E-state index is 9.27. The van der Waals surface area contributed by atoms with Crippen LogP contribution in [0.5, 0.6) is 0 Å². The minimum Gasteiger partial charge on any atom is -0.396 e. The van der Waals surface area contributed by atoms with Crippen LogP contribution < -0.4 is 5.32 Å². The lowest BCUT2D eigenvalue weighted by molar-refractivity contribution is 0.0503. The number of nitrogens with one attached hydrogen (secondary N) is 1. The molecule has 0 unspecified atom stereocenters. The van der Waals surface area contributed by atoms with Gasteiger partial charge in [-0.15, -0.1) is 0 Å². The van der Waals surface area contributed by atoms with Gasteiger partial charge in [-0.2, -0.15) is 0 Å². The van der Waals surface area contributed by atoms with E-state index in [-0.39, 0.29) is 5.41 Å².